The summed E-state index contributed by atoms with van der Waals surface area (Å²) in [6, 6.07) is 0. The Balaban J connectivity index is 2.45. The number of oxime groups is 1. The Labute approximate surface area is 38.0 Å². The molecular weight excluding hydrogens is 98.1 g/mol. The monoisotopic (exact) mass is 101 g/mol. The second-order valence-electron chi connectivity index (χ2n) is 0.887. The van der Waals surface area contributed by atoms with E-state index in [-0.39, 0.29) is 10.0 Å². The van der Waals surface area contributed by atoms with Crippen LogP contribution in [0.15, 0.2) is 5.16 Å². The first kappa shape index (κ1) is 3.67. The van der Waals surface area contributed by atoms with Crippen LogP contribution in [-0.4, -0.2) is 15.9 Å². The van der Waals surface area contributed by atoms with Gasteiger partial charge in [0.1, 0.15) is 0 Å². The Hall–Kier alpha value is -0.513. The van der Waals surface area contributed by atoms with E-state index in [0.29, 0.717) is 5.90 Å². The molecule has 2 radical (unpaired) electrons. The third-order valence-electron chi connectivity index (χ3n) is 0.401. The quantitative estimate of drug-likeness (QED) is 0.399. The molecule has 0 fully saturated rings. The molecule has 0 saturated heterocycles. The first-order chi connectivity index (χ1) is 2.89. The summed E-state index contributed by atoms with van der Waals surface area (Å²) in [5, 5.41) is 3.44. The van der Waals surface area contributed by atoms with Crippen LogP contribution in [-0.2, 0) is 8.95 Å². The average Bonchev–Trinajstić information content (AvgIpc) is 1.86. The van der Waals surface area contributed by atoms with E-state index in [4.69, 9.17) is 4.43 Å². The van der Waals surface area contributed by atoms with Crippen LogP contribution in [0.1, 0.15) is 6.92 Å². The fourth-order valence-corrected chi connectivity index (χ4v) is 0.541. The van der Waals surface area contributed by atoms with Crippen molar-refractivity contribution in [2.75, 3.05) is 0 Å². The molecule has 4 heteroatoms. The average molecular weight is 101 g/mol. The summed E-state index contributed by atoms with van der Waals surface area (Å²) < 4.78 is 9.16. The molecule has 1 aliphatic heterocycles. The van der Waals surface area contributed by atoms with Gasteiger partial charge >= 0.3 is 10.0 Å². The molecule has 0 saturated carbocycles. The van der Waals surface area contributed by atoms with Gasteiger partial charge in [0.2, 0.25) is 5.90 Å². The van der Waals surface area contributed by atoms with Crippen LogP contribution in [0.25, 0.3) is 0 Å². The van der Waals surface area contributed by atoms with Crippen LogP contribution in [0.4, 0.5) is 0 Å². The van der Waals surface area contributed by atoms with Gasteiger partial charge in [-0.05, 0) is 0 Å². The van der Waals surface area contributed by atoms with Crippen LogP contribution >= 0.6 is 0 Å². The van der Waals surface area contributed by atoms with Gasteiger partial charge < -0.3 is 8.95 Å². The highest BCUT2D eigenvalue weighted by Crippen LogP contribution is 1.89. The number of hydrogen-bond donors (Lipinski definition) is 0. The van der Waals surface area contributed by atoms with Crippen molar-refractivity contribution in [2.45, 2.75) is 6.92 Å². The molecule has 1 heterocycles. The summed E-state index contributed by atoms with van der Waals surface area (Å²) >= 11 is 0. The lowest BCUT2D eigenvalue weighted by Crippen LogP contribution is -1.93. The summed E-state index contributed by atoms with van der Waals surface area (Å²) in [5.41, 5.74) is 0. The Bertz CT molecular complexity index is 81.6. The van der Waals surface area contributed by atoms with Crippen molar-refractivity contribution in [1.82, 2.24) is 0 Å². The molecule has 6 heavy (non-hydrogen) atoms. The molecule has 0 unspecified atom stereocenters. The van der Waals surface area contributed by atoms with Gasteiger partial charge in [-0.15, -0.1) is 0 Å². The van der Waals surface area contributed by atoms with Crippen LogP contribution in [0.3, 0.4) is 0 Å². The molecule has 0 spiro atoms. The number of hydrogen-bond acceptors (Lipinski definition) is 3. The van der Waals surface area contributed by atoms with Gasteiger partial charge in [-0.3, -0.25) is 0 Å². The minimum Gasteiger partial charge on any atom is -0.494 e. The summed E-state index contributed by atoms with van der Waals surface area (Å²) in [7, 11) is 0.0853. The first-order valence-corrected chi connectivity index (χ1v) is 2.34. The molecule has 0 aliphatic carbocycles. The Morgan fingerprint density at radius 3 is 2.83 bits per heavy atom. The van der Waals surface area contributed by atoms with Crippen molar-refractivity contribution in [3.63, 3.8) is 0 Å². The predicted octanol–water partition coefficient (Wildman–Crippen LogP) is -0.0992. The van der Waals surface area contributed by atoms with Gasteiger partial charge in [-0.25, -0.2) is 0 Å². The van der Waals surface area contributed by atoms with Crippen molar-refractivity contribution in [3.05, 3.63) is 0 Å². The molecule has 0 bridgehead atoms. The van der Waals surface area contributed by atoms with Crippen LogP contribution in [0.2, 0.25) is 0 Å². The lowest BCUT2D eigenvalue weighted by Gasteiger charge is -1.79. The van der Waals surface area contributed by atoms with Crippen molar-refractivity contribution in [1.29, 1.82) is 0 Å². The fourth-order valence-electron chi connectivity index (χ4n) is 0.180. The molecule has 0 N–H and O–H groups in total. The van der Waals surface area contributed by atoms with Crippen molar-refractivity contribution in [3.8, 4) is 0 Å². The highest BCUT2D eigenvalue weighted by molar-refractivity contribution is 6.24. The molecule has 3 nitrogen and oxygen atoms in total. The lowest BCUT2D eigenvalue weighted by molar-refractivity contribution is 0.355. The van der Waals surface area contributed by atoms with E-state index in [0.717, 1.165) is 0 Å². The van der Waals surface area contributed by atoms with E-state index >= 15 is 0 Å². The predicted molar refractivity (Wildman–Crippen MR) is 21.0 cm³/mol. The maximum absolute atomic E-state index is 4.71. The highest BCUT2D eigenvalue weighted by atomic mass is 28.3. The normalized spacial score (nSPS) is 18.5. The van der Waals surface area contributed by atoms with Crippen LogP contribution in [0, 0.1) is 0 Å². The van der Waals surface area contributed by atoms with Gasteiger partial charge in [0, 0.05) is 6.92 Å². The molecule has 0 amide bonds. The summed E-state index contributed by atoms with van der Waals surface area (Å²) in [6.45, 7) is 1.75. The maximum atomic E-state index is 4.71. The minimum atomic E-state index is 0.0853. The van der Waals surface area contributed by atoms with E-state index in [1.807, 2.05) is 0 Å². The van der Waals surface area contributed by atoms with Crippen LogP contribution < -0.4 is 0 Å². The maximum Gasteiger partial charge on any atom is 0.634 e. The molecule has 0 aromatic rings. The zero-order valence-corrected chi connectivity index (χ0v) is 4.26. The third kappa shape index (κ3) is 0.512. The molecule has 1 aliphatic rings. The summed E-state index contributed by atoms with van der Waals surface area (Å²) in [4.78, 5) is 0. The van der Waals surface area contributed by atoms with Gasteiger partial charge in [-0.2, -0.15) is 0 Å². The van der Waals surface area contributed by atoms with Crippen molar-refractivity contribution < 1.29 is 8.95 Å². The van der Waals surface area contributed by atoms with Gasteiger partial charge in [0.05, 0.1) is 0 Å². The van der Waals surface area contributed by atoms with Crippen molar-refractivity contribution in [2.24, 2.45) is 5.16 Å². The van der Waals surface area contributed by atoms with E-state index < -0.39 is 0 Å². The molecule has 1 rings (SSSR count). The molecule has 0 atom stereocenters. The molecular formula is C2H3NO2Si. The molecule has 32 valence electrons. The minimum absolute atomic E-state index is 0.0853. The molecule has 0 aromatic heterocycles. The second kappa shape index (κ2) is 1.30. The van der Waals surface area contributed by atoms with E-state index in [1.165, 1.54) is 0 Å². The summed E-state index contributed by atoms with van der Waals surface area (Å²) in [5.74, 6) is 0.619. The Morgan fingerprint density at radius 2 is 2.67 bits per heavy atom. The second-order valence-corrected chi connectivity index (χ2v) is 1.44. The largest absolute Gasteiger partial charge is 0.634 e. The lowest BCUT2D eigenvalue weighted by atomic mass is 10.8. The van der Waals surface area contributed by atoms with Crippen LogP contribution in [0.5, 0.6) is 0 Å². The van der Waals surface area contributed by atoms with Crippen molar-refractivity contribution >= 4 is 15.9 Å². The summed E-state index contributed by atoms with van der Waals surface area (Å²) in [6.07, 6.45) is 0. The van der Waals surface area contributed by atoms with E-state index in [2.05, 4.69) is 9.68 Å². The highest BCUT2D eigenvalue weighted by Gasteiger charge is 2.04. The van der Waals surface area contributed by atoms with Gasteiger partial charge in [0.25, 0.3) is 0 Å². The Kier molecular flexibility index (Phi) is 0.793. The number of rotatable bonds is 0. The van der Waals surface area contributed by atoms with E-state index in [1.54, 1.807) is 6.92 Å². The SMILES string of the molecule is CC1=NO[Si]O1. The van der Waals surface area contributed by atoms with Gasteiger partial charge in [0.15, 0.2) is 0 Å². The zero-order chi connectivity index (χ0) is 4.41. The molecule has 0 aromatic carbocycles. The standard InChI is InChI=1S/C2H3NO2Si/c1-2-3-5-6-4-2/h1H3. The third-order valence-corrected chi connectivity index (χ3v) is 0.945. The zero-order valence-electron chi connectivity index (χ0n) is 3.26. The Morgan fingerprint density at radius 1 is 1.83 bits per heavy atom. The topological polar surface area (TPSA) is 30.8 Å². The first-order valence-electron chi connectivity index (χ1n) is 1.52. The van der Waals surface area contributed by atoms with E-state index in [9.17, 15) is 0 Å². The smallest absolute Gasteiger partial charge is 0.494 e. The fraction of sp³-hybridized carbons (Fsp3) is 0.500. The van der Waals surface area contributed by atoms with Gasteiger partial charge in [-0.1, -0.05) is 5.16 Å². The number of nitrogens with zero attached hydrogens (tertiary/aromatic N) is 1.